The predicted octanol–water partition coefficient (Wildman–Crippen LogP) is 0.403. The molecule has 0 spiro atoms. The Kier molecular flexibility index (Phi) is 4.97. The molecule has 2 rings (SSSR count). The van der Waals surface area contributed by atoms with Gasteiger partial charge in [-0.25, -0.2) is 0 Å². The summed E-state index contributed by atoms with van der Waals surface area (Å²) in [6.07, 6.45) is 7.05. The molecular weight excluding hydrogens is 218 g/mol. The molecule has 1 fully saturated rings. The summed E-state index contributed by atoms with van der Waals surface area (Å²) in [6, 6.07) is 1.86. The van der Waals surface area contributed by atoms with Gasteiger partial charge in [0.05, 0.1) is 18.8 Å². The van der Waals surface area contributed by atoms with Crippen LogP contribution in [0.15, 0.2) is 18.5 Å². The van der Waals surface area contributed by atoms with E-state index in [-0.39, 0.29) is 0 Å². The zero-order chi connectivity index (χ0) is 11.9. The van der Waals surface area contributed by atoms with Crippen molar-refractivity contribution >= 4 is 0 Å². The lowest BCUT2D eigenvalue weighted by atomic mass is 10.1. The second-order valence-electron chi connectivity index (χ2n) is 4.53. The number of rotatable bonds is 6. The van der Waals surface area contributed by atoms with E-state index in [0.29, 0.717) is 19.2 Å². The minimum Gasteiger partial charge on any atom is -0.390 e. The van der Waals surface area contributed by atoms with Crippen LogP contribution in [0, 0.1) is 0 Å². The predicted molar refractivity (Wildman–Crippen MR) is 64.7 cm³/mol. The molecule has 17 heavy (non-hydrogen) atoms. The summed E-state index contributed by atoms with van der Waals surface area (Å²) in [7, 11) is 0. The van der Waals surface area contributed by atoms with Crippen LogP contribution < -0.4 is 5.32 Å². The van der Waals surface area contributed by atoms with Crippen LogP contribution >= 0.6 is 0 Å². The Morgan fingerprint density at radius 3 is 3.18 bits per heavy atom. The maximum Gasteiger partial charge on any atom is 0.0860 e. The fourth-order valence-corrected chi connectivity index (χ4v) is 2.07. The van der Waals surface area contributed by atoms with E-state index in [0.717, 1.165) is 19.6 Å². The third kappa shape index (κ3) is 4.46. The summed E-state index contributed by atoms with van der Waals surface area (Å²) in [6.45, 7) is 2.82. The SMILES string of the molecule is OC(CNCC1CCCCO1)Cn1cccn1. The first-order valence-corrected chi connectivity index (χ1v) is 6.32. The highest BCUT2D eigenvalue weighted by Gasteiger charge is 2.13. The maximum absolute atomic E-state index is 9.79. The lowest BCUT2D eigenvalue weighted by molar-refractivity contribution is 0.0149. The second kappa shape index (κ2) is 6.74. The summed E-state index contributed by atoms with van der Waals surface area (Å²) in [5, 5.41) is 17.1. The largest absolute Gasteiger partial charge is 0.390 e. The summed E-state index contributed by atoms with van der Waals surface area (Å²) >= 11 is 0. The molecule has 1 aromatic rings. The van der Waals surface area contributed by atoms with Gasteiger partial charge in [-0.2, -0.15) is 5.10 Å². The normalized spacial score (nSPS) is 22.5. The molecule has 0 aliphatic carbocycles. The molecule has 0 radical (unpaired) electrons. The van der Waals surface area contributed by atoms with Crippen LogP contribution in [0.2, 0.25) is 0 Å². The number of aromatic nitrogens is 2. The van der Waals surface area contributed by atoms with E-state index in [9.17, 15) is 5.11 Å². The monoisotopic (exact) mass is 239 g/mol. The van der Waals surface area contributed by atoms with Gasteiger partial charge in [0, 0.05) is 32.1 Å². The smallest absolute Gasteiger partial charge is 0.0860 e. The zero-order valence-corrected chi connectivity index (χ0v) is 10.1. The molecule has 1 aliphatic rings. The Hall–Kier alpha value is -0.910. The van der Waals surface area contributed by atoms with Crippen molar-refractivity contribution in [1.82, 2.24) is 15.1 Å². The molecule has 1 aromatic heterocycles. The van der Waals surface area contributed by atoms with Crippen LogP contribution in [0.1, 0.15) is 19.3 Å². The van der Waals surface area contributed by atoms with Crippen molar-refractivity contribution in [3.05, 3.63) is 18.5 Å². The van der Waals surface area contributed by atoms with Crippen LogP contribution in [0.25, 0.3) is 0 Å². The van der Waals surface area contributed by atoms with Gasteiger partial charge < -0.3 is 15.2 Å². The minimum absolute atomic E-state index is 0.320. The fourth-order valence-electron chi connectivity index (χ4n) is 2.07. The van der Waals surface area contributed by atoms with E-state index in [2.05, 4.69) is 10.4 Å². The zero-order valence-electron chi connectivity index (χ0n) is 10.1. The van der Waals surface area contributed by atoms with Gasteiger partial charge >= 0.3 is 0 Å². The molecule has 5 nitrogen and oxygen atoms in total. The van der Waals surface area contributed by atoms with Gasteiger partial charge in [0.15, 0.2) is 0 Å². The van der Waals surface area contributed by atoms with Gasteiger partial charge in [0.2, 0.25) is 0 Å². The molecule has 2 unspecified atom stereocenters. The Morgan fingerprint density at radius 1 is 1.53 bits per heavy atom. The van der Waals surface area contributed by atoms with Crippen LogP contribution in [0.3, 0.4) is 0 Å². The average molecular weight is 239 g/mol. The van der Waals surface area contributed by atoms with Crippen molar-refractivity contribution in [2.45, 2.75) is 38.0 Å². The Morgan fingerprint density at radius 2 is 2.47 bits per heavy atom. The van der Waals surface area contributed by atoms with Gasteiger partial charge in [-0.15, -0.1) is 0 Å². The quantitative estimate of drug-likeness (QED) is 0.754. The van der Waals surface area contributed by atoms with Gasteiger partial charge in [-0.05, 0) is 25.3 Å². The van der Waals surface area contributed by atoms with Crippen LogP contribution in [0.5, 0.6) is 0 Å². The number of aliphatic hydroxyl groups excluding tert-OH is 1. The van der Waals surface area contributed by atoms with Crippen LogP contribution in [-0.4, -0.2) is 46.8 Å². The standard InChI is InChI=1S/C12H21N3O2/c16-11(10-15-6-3-5-14-15)8-13-9-12-4-1-2-7-17-12/h3,5-6,11-13,16H,1-2,4,7-10H2. The number of nitrogens with zero attached hydrogens (tertiary/aromatic N) is 2. The molecule has 0 aromatic carbocycles. The Labute approximate surface area is 102 Å². The molecule has 5 heteroatoms. The topological polar surface area (TPSA) is 59.3 Å². The summed E-state index contributed by atoms with van der Waals surface area (Å²) in [4.78, 5) is 0. The summed E-state index contributed by atoms with van der Waals surface area (Å²) < 4.78 is 7.34. The van der Waals surface area contributed by atoms with E-state index >= 15 is 0 Å². The van der Waals surface area contributed by atoms with Gasteiger partial charge in [-0.1, -0.05) is 0 Å². The van der Waals surface area contributed by atoms with E-state index in [1.165, 1.54) is 12.8 Å². The molecule has 0 bridgehead atoms. The summed E-state index contributed by atoms with van der Waals surface area (Å²) in [5.74, 6) is 0. The highest BCUT2D eigenvalue weighted by Crippen LogP contribution is 2.11. The van der Waals surface area contributed by atoms with Gasteiger partial charge in [0.25, 0.3) is 0 Å². The van der Waals surface area contributed by atoms with Crippen molar-refractivity contribution < 1.29 is 9.84 Å². The first kappa shape index (κ1) is 12.5. The molecular formula is C12H21N3O2. The molecule has 1 saturated heterocycles. The first-order chi connectivity index (χ1) is 8.34. The number of nitrogens with one attached hydrogen (secondary N) is 1. The van der Waals surface area contributed by atoms with Crippen molar-refractivity contribution in [2.24, 2.45) is 0 Å². The highest BCUT2D eigenvalue weighted by atomic mass is 16.5. The van der Waals surface area contributed by atoms with Crippen LogP contribution in [-0.2, 0) is 11.3 Å². The molecule has 2 heterocycles. The maximum atomic E-state index is 9.79. The fraction of sp³-hybridized carbons (Fsp3) is 0.750. The second-order valence-corrected chi connectivity index (χ2v) is 4.53. The summed E-state index contributed by atoms with van der Waals surface area (Å²) in [5.41, 5.74) is 0. The van der Waals surface area contributed by atoms with E-state index in [1.54, 1.807) is 10.9 Å². The van der Waals surface area contributed by atoms with Crippen molar-refractivity contribution in [1.29, 1.82) is 0 Å². The molecule has 0 saturated carbocycles. The molecule has 2 atom stereocenters. The molecule has 1 aliphatic heterocycles. The number of aliphatic hydroxyl groups is 1. The van der Waals surface area contributed by atoms with Crippen molar-refractivity contribution in [2.75, 3.05) is 19.7 Å². The van der Waals surface area contributed by atoms with Crippen LogP contribution in [0.4, 0.5) is 0 Å². The Bertz CT molecular complexity index is 297. The highest BCUT2D eigenvalue weighted by molar-refractivity contribution is 4.79. The number of ether oxygens (including phenoxy) is 1. The minimum atomic E-state index is -0.404. The van der Waals surface area contributed by atoms with E-state index < -0.39 is 6.10 Å². The molecule has 2 N–H and O–H groups in total. The number of hydrogen-bond donors (Lipinski definition) is 2. The van der Waals surface area contributed by atoms with E-state index in [4.69, 9.17) is 4.74 Å². The lowest BCUT2D eigenvalue weighted by Crippen LogP contribution is -2.37. The first-order valence-electron chi connectivity index (χ1n) is 6.32. The third-order valence-electron chi connectivity index (χ3n) is 2.98. The molecule has 0 amide bonds. The molecule has 96 valence electrons. The lowest BCUT2D eigenvalue weighted by Gasteiger charge is -2.23. The van der Waals surface area contributed by atoms with Gasteiger partial charge in [-0.3, -0.25) is 4.68 Å². The van der Waals surface area contributed by atoms with Gasteiger partial charge in [0.1, 0.15) is 0 Å². The van der Waals surface area contributed by atoms with Crippen molar-refractivity contribution in [3.63, 3.8) is 0 Å². The van der Waals surface area contributed by atoms with E-state index in [1.807, 2.05) is 12.3 Å². The Balaban J connectivity index is 1.58. The average Bonchev–Trinajstić information content (AvgIpc) is 2.83. The number of hydrogen-bond acceptors (Lipinski definition) is 4. The third-order valence-corrected chi connectivity index (χ3v) is 2.98. The van der Waals surface area contributed by atoms with Crippen molar-refractivity contribution in [3.8, 4) is 0 Å².